The van der Waals surface area contributed by atoms with Crippen LogP contribution >= 0.6 is 11.3 Å². The lowest BCUT2D eigenvalue weighted by Crippen LogP contribution is -2.31. The van der Waals surface area contributed by atoms with E-state index in [0.717, 1.165) is 38.4 Å². The van der Waals surface area contributed by atoms with Crippen LogP contribution in [0.2, 0.25) is 0 Å². The normalized spacial score (nSPS) is 21.0. The number of hydrogen-bond acceptors (Lipinski definition) is 5. The maximum atomic E-state index is 13.4. The molecule has 5 rings (SSSR count). The zero-order valence-electron chi connectivity index (χ0n) is 16.1. The number of carbonyl (C=O) groups is 1. The predicted octanol–water partition coefficient (Wildman–Crippen LogP) is 3.34. The van der Waals surface area contributed by atoms with Crippen molar-refractivity contribution < 1.29 is 9.18 Å². The molecular weight excluding hydrogens is 389 g/mol. The van der Waals surface area contributed by atoms with Crippen LogP contribution < -0.4 is 5.32 Å². The summed E-state index contributed by atoms with van der Waals surface area (Å²) in [4.78, 5) is 17.9. The molecule has 0 radical (unpaired) electrons. The van der Waals surface area contributed by atoms with Gasteiger partial charge in [-0.05, 0) is 49.1 Å². The Balaban J connectivity index is 1.28. The second-order valence-corrected chi connectivity index (χ2v) is 9.32. The summed E-state index contributed by atoms with van der Waals surface area (Å²) >= 11 is 1.86. The van der Waals surface area contributed by atoms with E-state index >= 15 is 0 Å². The van der Waals surface area contributed by atoms with Gasteiger partial charge in [0.25, 0.3) is 5.91 Å². The first-order valence-corrected chi connectivity index (χ1v) is 10.6. The van der Waals surface area contributed by atoms with E-state index in [1.165, 1.54) is 21.9 Å². The summed E-state index contributed by atoms with van der Waals surface area (Å²) in [6.07, 6.45) is 0.838. The highest BCUT2D eigenvalue weighted by atomic mass is 32.1. The van der Waals surface area contributed by atoms with Crippen molar-refractivity contribution in [2.24, 2.45) is 11.8 Å². The molecule has 2 aliphatic heterocycles. The fourth-order valence-electron chi connectivity index (χ4n) is 4.46. The summed E-state index contributed by atoms with van der Waals surface area (Å²) in [6.45, 7) is 5.95. The molecule has 3 aromatic rings. The predicted molar refractivity (Wildman–Crippen MR) is 109 cm³/mol. The van der Waals surface area contributed by atoms with Crippen LogP contribution in [0.3, 0.4) is 0 Å². The second kappa shape index (κ2) is 7.35. The molecule has 0 aliphatic carbocycles. The van der Waals surface area contributed by atoms with E-state index in [9.17, 15) is 9.18 Å². The van der Waals surface area contributed by atoms with Crippen LogP contribution in [0.1, 0.15) is 26.2 Å². The van der Waals surface area contributed by atoms with Crippen LogP contribution in [-0.4, -0.2) is 38.7 Å². The molecule has 0 spiro atoms. The van der Waals surface area contributed by atoms with Crippen LogP contribution in [0, 0.1) is 24.6 Å². The first kappa shape index (κ1) is 18.4. The van der Waals surface area contributed by atoms with Gasteiger partial charge in [-0.25, -0.2) is 4.39 Å². The third-order valence-corrected chi connectivity index (χ3v) is 6.79. The molecular formula is C21H22FN5OS. The van der Waals surface area contributed by atoms with Crippen molar-refractivity contribution in [1.29, 1.82) is 0 Å². The van der Waals surface area contributed by atoms with E-state index in [-0.39, 0.29) is 11.7 Å². The van der Waals surface area contributed by atoms with E-state index in [0.29, 0.717) is 23.3 Å². The molecule has 150 valence electrons. The number of amides is 1. The molecule has 4 heterocycles. The number of likely N-dealkylation sites (tertiary alicyclic amines) is 1. The largest absolute Gasteiger partial charge is 0.319 e. The lowest BCUT2D eigenvalue weighted by molar-refractivity contribution is 0.100. The number of hydrogen-bond donors (Lipinski definition) is 1. The maximum Gasteiger partial charge on any atom is 0.293 e. The number of rotatable bonds is 4. The maximum absolute atomic E-state index is 13.4. The van der Waals surface area contributed by atoms with Gasteiger partial charge < -0.3 is 9.88 Å². The molecule has 1 amide bonds. The van der Waals surface area contributed by atoms with Gasteiger partial charge in [0.15, 0.2) is 0 Å². The molecule has 8 heteroatoms. The summed E-state index contributed by atoms with van der Waals surface area (Å²) in [7, 11) is 0. The quantitative estimate of drug-likeness (QED) is 0.715. The molecule has 1 aromatic carbocycles. The fourth-order valence-corrected chi connectivity index (χ4v) is 5.39. The Labute approximate surface area is 172 Å². The van der Waals surface area contributed by atoms with E-state index in [4.69, 9.17) is 0 Å². The molecule has 29 heavy (non-hydrogen) atoms. The van der Waals surface area contributed by atoms with Crippen molar-refractivity contribution in [1.82, 2.24) is 19.7 Å². The Bertz CT molecular complexity index is 1060. The minimum absolute atomic E-state index is 0.301. The van der Waals surface area contributed by atoms with E-state index < -0.39 is 0 Å². The Morgan fingerprint density at radius 3 is 2.86 bits per heavy atom. The standard InChI is InChI=1S/C21H22FN5OS/c1-13-5-6-18(29-13)12-26-9-14-7-19-24-25-20(27(19)11-15(14)10-26)21(28)23-17-4-2-3-16(22)8-17/h2-6,8,14-15H,7,9-12H2,1H3,(H,23,28)/t14-,15-/m1/s1. The molecule has 1 saturated heterocycles. The average Bonchev–Trinajstić information content (AvgIpc) is 3.37. The number of nitrogens with one attached hydrogen (secondary N) is 1. The zero-order chi connectivity index (χ0) is 20.0. The van der Waals surface area contributed by atoms with E-state index in [1.54, 1.807) is 12.1 Å². The molecule has 2 aliphatic rings. The van der Waals surface area contributed by atoms with Gasteiger partial charge >= 0.3 is 0 Å². The van der Waals surface area contributed by atoms with Crippen LogP contribution in [0.5, 0.6) is 0 Å². The number of carbonyl (C=O) groups excluding carboxylic acids is 1. The summed E-state index contributed by atoms with van der Waals surface area (Å²) in [5.74, 6) is 1.46. The topological polar surface area (TPSA) is 63.1 Å². The molecule has 6 nitrogen and oxygen atoms in total. The Morgan fingerprint density at radius 2 is 2.07 bits per heavy atom. The summed E-state index contributed by atoms with van der Waals surface area (Å²) in [6, 6.07) is 10.3. The highest BCUT2D eigenvalue weighted by molar-refractivity contribution is 7.11. The number of benzene rings is 1. The molecule has 0 bridgehead atoms. The minimum Gasteiger partial charge on any atom is -0.319 e. The van der Waals surface area contributed by atoms with Crippen LogP contribution in [0.4, 0.5) is 10.1 Å². The molecule has 1 N–H and O–H groups in total. The van der Waals surface area contributed by atoms with Gasteiger partial charge in [0.1, 0.15) is 11.6 Å². The van der Waals surface area contributed by atoms with Gasteiger partial charge in [0.2, 0.25) is 5.82 Å². The summed E-state index contributed by atoms with van der Waals surface area (Å²) in [5, 5.41) is 11.1. The number of fused-ring (bicyclic) bond motifs is 2. The summed E-state index contributed by atoms with van der Waals surface area (Å²) < 4.78 is 15.3. The number of thiophene rings is 1. The number of halogens is 1. The third-order valence-electron chi connectivity index (χ3n) is 5.80. The number of aryl methyl sites for hydroxylation is 1. The second-order valence-electron chi connectivity index (χ2n) is 7.95. The average molecular weight is 412 g/mol. The monoisotopic (exact) mass is 411 g/mol. The highest BCUT2D eigenvalue weighted by Gasteiger charge is 2.39. The van der Waals surface area contributed by atoms with Gasteiger partial charge in [-0.15, -0.1) is 21.5 Å². The van der Waals surface area contributed by atoms with Gasteiger partial charge in [-0.1, -0.05) is 6.07 Å². The Hall–Kier alpha value is -2.58. The fraction of sp³-hybridized carbons (Fsp3) is 0.381. The molecule has 0 unspecified atom stereocenters. The van der Waals surface area contributed by atoms with E-state index in [1.807, 2.05) is 15.9 Å². The van der Waals surface area contributed by atoms with Gasteiger partial charge in [0, 0.05) is 48.0 Å². The van der Waals surface area contributed by atoms with Crippen molar-refractivity contribution in [2.75, 3.05) is 18.4 Å². The Morgan fingerprint density at radius 1 is 1.21 bits per heavy atom. The SMILES string of the molecule is Cc1ccc(CN2C[C@H]3Cc4nnc(C(=O)Nc5cccc(F)c5)n4C[C@H]3C2)s1. The molecule has 2 atom stereocenters. The number of anilines is 1. The van der Waals surface area contributed by atoms with Gasteiger partial charge in [0.05, 0.1) is 0 Å². The first-order valence-electron chi connectivity index (χ1n) is 9.82. The van der Waals surface area contributed by atoms with Crippen molar-refractivity contribution >= 4 is 22.9 Å². The Kier molecular flexibility index (Phi) is 4.67. The highest BCUT2D eigenvalue weighted by Crippen LogP contribution is 2.34. The minimum atomic E-state index is -0.388. The lowest BCUT2D eigenvalue weighted by atomic mass is 9.89. The summed E-state index contributed by atoms with van der Waals surface area (Å²) in [5.41, 5.74) is 0.416. The molecule has 1 fully saturated rings. The third kappa shape index (κ3) is 3.70. The van der Waals surface area contributed by atoms with Crippen molar-refractivity contribution in [3.8, 4) is 0 Å². The van der Waals surface area contributed by atoms with Crippen LogP contribution in [0.15, 0.2) is 36.4 Å². The number of aromatic nitrogens is 3. The van der Waals surface area contributed by atoms with Gasteiger partial charge in [-0.2, -0.15) is 0 Å². The number of nitrogens with zero attached hydrogens (tertiary/aromatic N) is 4. The molecule has 0 saturated carbocycles. The lowest BCUT2D eigenvalue weighted by Gasteiger charge is -2.25. The van der Waals surface area contributed by atoms with Crippen molar-refractivity contribution in [3.63, 3.8) is 0 Å². The van der Waals surface area contributed by atoms with Gasteiger partial charge in [-0.3, -0.25) is 9.69 Å². The van der Waals surface area contributed by atoms with Crippen LogP contribution in [-0.2, 0) is 19.5 Å². The van der Waals surface area contributed by atoms with E-state index in [2.05, 4.69) is 39.5 Å². The van der Waals surface area contributed by atoms with Crippen molar-refractivity contribution in [2.45, 2.75) is 26.4 Å². The van der Waals surface area contributed by atoms with Crippen molar-refractivity contribution in [3.05, 3.63) is 63.6 Å². The van der Waals surface area contributed by atoms with Crippen LogP contribution in [0.25, 0.3) is 0 Å². The smallest absolute Gasteiger partial charge is 0.293 e. The molecule has 2 aromatic heterocycles. The zero-order valence-corrected chi connectivity index (χ0v) is 17.0. The first-order chi connectivity index (χ1) is 14.0.